The number of amidine groups is 2. The molecule has 10 heteroatoms. The molecule has 0 bridgehead atoms. The second-order valence-electron chi connectivity index (χ2n) is 14.3. The number of aliphatic imine (C=N–C) groups is 2. The van der Waals surface area contributed by atoms with Crippen LogP contribution in [0.5, 0.6) is 23.0 Å². The molecule has 2 aliphatic rings. The highest BCUT2D eigenvalue weighted by Gasteiger charge is 2.32. The molecule has 302 valence electrons. The first-order valence-electron chi connectivity index (χ1n) is 20.4. The van der Waals surface area contributed by atoms with E-state index in [1.165, 1.54) is 0 Å². The molecular weight excluding hydrogens is 729 g/mol. The summed E-state index contributed by atoms with van der Waals surface area (Å²) in [4.78, 5) is 41.0. The summed E-state index contributed by atoms with van der Waals surface area (Å²) in [6.45, 7) is 6.64. The Bertz CT molecular complexity index is 1950. The Hall–Kier alpha value is -6.16. The van der Waals surface area contributed by atoms with Gasteiger partial charge in [-0.05, 0) is 122 Å². The van der Waals surface area contributed by atoms with Gasteiger partial charge in [-0.25, -0.2) is 9.98 Å². The number of ether oxygens (including phenoxy) is 4. The zero-order valence-electron chi connectivity index (χ0n) is 34.1. The normalized spacial score (nSPS) is 15.3. The minimum absolute atomic E-state index is 0.129. The summed E-state index contributed by atoms with van der Waals surface area (Å²) >= 11 is 0. The predicted octanol–water partition coefficient (Wildman–Crippen LogP) is 9.58. The van der Waals surface area contributed by atoms with Crippen molar-refractivity contribution in [3.8, 4) is 23.0 Å². The predicted molar refractivity (Wildman–Crippen MR) is 231 cm³/mol. The summed E-state index contributed by atoms with van der Waals surface area (Å²) in [6.07, 6.45) is 11.0. The van der Waals surface area contributed by atoms with Crippen molar-refractivity contribution in [2.24, 2.45) is 9.98 Å². The average molecular weight is 783 g/mol. The molecule has 4 aromatic carbocycles. The van der Waals surface area contributed by atoms with Crippen molar-refractivity contribution in [2.75, 3.05) is 40.5 Å². The van der Waals surface area contributed by atoms with Gasteiger partial charge in [0.2, 0.25) is 0 Å². The van der Waals surface area contributed by atoms with Gasteiger partial charge in [0, 0.05) is 24.2 Å². The number of unbranched alkanes of at least 4 members (excludes halogenated alkanes) is 5. The number of carbonyl (C=O) groups excluding carboxylic acids is 2. The zero-order valence-corrected chi connectivity index (χ0v) is 34.1. The molecule has 4 aromatic rings. The van der Waals surface area contributed by atoms with Crippen LogP contribution >= 0.6 is 0 Å². The fourth-order valence-electron chi connectivity index (χ4n) is 6.64. The van der Waals surface area contributed by atoms with Gasteiger partial charge in [0.15, 0.2) is 0 Å². The van der Waals surface area contributed by atoms with Crippen LogP contribution in [0.4, 0.5) is 0 Å². The first-order chi connectivity index (χ1) is 28.4. The molecule has 0 N–H and O–H groups in total. The summed E-state index contributed by atoms with van der Waals surface area (Å²) in [7, 11) is 3.26. The molecule has 0 saturated heterocycles. The van der Waals surface area contributed by atoms with Gasteiger partial charge in [-0.1, -0.05) is 63.8 Å². The largest absolute Gasteiger partial charge is 0.497 e. The molecule has 2 amide bonds. The van der Waals surface area contributed by atoms with E-state index in [1.54, 1.807) is 24.0 Å². The van der Waals surface area contributed by atoms with Gasteiger partial charge in [0.25, 0.3) is 11.8 Å². The molecule has 58 heavy (non-hydrogen) atoms. The molecule has 0 saturated carbocycles. The van der Waals surface area contributed by atoms with Crippen LogP contribution in [0.1, 0.15) is 87.5 Å². The lowest BCUT2D eigenvalue weighted by Gasteiger charge is -2.20. The zero-order chi connectivity index (χ0) is 40.7. The van der Waals surface area contributed by atoms with Crippen LogP contribution < -0.4 is 18.9 Å². The lowest BCUT2D eigenvalue weighted by molar-refractivity contribution is -0.123. The first kappa shape index (κ1) is 41.5. The van der Waals surface area contributed by atoms with Gasteiger partial charge in [-0.3, -0.25) is 19.4 Å². The Morgan fingerprint density at radius 3 is 1.19 bits per heavy atom. The van der Waals surface area contributed by atoms with E-state index >= 15 is 0 Å². The van der Waals surface area contributed by atoms with E-state index in [-0.39, 0.29) is 11.8 Å². The maximum absolute atomic E-state index is 13.9. The topological polar surface area (TPSA) is 102 Å². The minimum atomic E-state index is -0.129. The monoisotopic (exact) mass is 782 g/mol. The number of rotatable bonds is 21. The third-order valence-corrected chi connectivity index (χ3v) is 10.0. The van der Waals surface area contributed by atoms with Crippen LogP contribution in [0.3, 0.4) is 0 Å². The summed E-state index contributed by atoms with van der Waals surface area (Å²) in [5, 5.41) is 0. The number of carbonyl (C=O) groups is 2. The molecule has 2 aliphatic heterocycles. The van der Waals surface area contributed by atoms with Crippen LogP contribution in [-0.2, 0) is 9.59 Å². The number of methoxy groups -OCH3 is 2. The maximum Gasteiger partial charge on any atom is 0.278 e. The van der Waals surface area contributed by atoms with E-state index in [4.69, 9.17) is 28.9 Å². The van der Waals surface area contributed by atoms with E-state index in [1.807, 2.05) is 109 Å². The number of hydrogen-bond donors (Lipinski definition) is 0. The third kappa shape index (κ3) is 10.8. The number of benzene rings is 4. The summed E-state index contributed by atoms with van der Waals surface area (Å²) < 4.78 is 22.4. The van der Waals surface area contributed by atoms with E-state index in [2.05, 4.69) is 13.8 Å². The lowest BCUT2D eigenvalue weighted by atomic mass is 10.1. The first-order valence-corrected chi connectivity index (χ1v) is 20.4. The number of nitrogens with zero attached hydrogens (tertiary/aromatic N) is 4. The van der Waals surface area contributed by atoms with Crippen LogP contribution in [0, 0.1) is 0 Å². The molecule has 0 fully saturated rings. The van der Waals surface area contributed by atoms with Crippen molar-refractivity contribution in [1.82, 2.24) is 9.80 Å². The van der Waals surface area contributed by atoms with Crippen LogP contribution in [0.25, 0.3) is 12.2 Å². The Labute approximate surface area is 342 Å². The van der Waals surface area contributed by atoms with Gasteiger partial charge >= 0.3 is 0 Å². The van der Waals surface area contributed by atoms with E-state index in [0.29, 0.717) is 49.4 Å². The van der Waals surface area contributed by atoms with Crippen molar-refractivity contribution in [3.63, 3.8) is 0 Å². The average Bonchev–Trinajstić information content (AvgIpc) is 3.73. The highest BCUT2D eigenvalue weighted by molar-refractivity contribution is 6.20. The standard InChI is InChI=1S/C48H54N4O6/c1-5-7-31-57-41-25-17-37(18-26-41)45-49-43(33-35-13-21-39(55-3)22-14-35)47(53)51(45)29-11-9-10-12-30-52-46(38-19-27-42(28-20-38)58-32-8-6-2)50-44(48(52)54)34-36-15-23-40(56-4)24-16-36/h13-28,33-34H,5-12,29-32H2,1-4H3/b43-33-,44-34+. The highest BCUT2D eigenvalue weighted by atomic mass is 16.5. The van der Waals surface area contributed by atoms with Gasteiger partial charge in [0.1, 0.15) is 46.1 Å². The number of amides is 2. The van der Waals surface area contributed by atoms with E-state index < -0.39 is 0 Å². The van der Waals surface area contributed by atoms with Gasteiger partial charge < -0.3 is 18.9 Å². The maximum atomic E-state index is 13.9. The summed E-state index contributed by atoms with van der Waals surface area (Å²) in [5.41, 5.74) is 4.22. The molecule has 0 spiro atoms. The van der Waals surface area contributed by atoms with Crippen LogP contribution in [-0.4, -0.2) is 73.8 Å². The van der Waals surface area contributed by atoms with Gasteiger partial charge in [0.05, 0.1) is 27.4 Å². The SMILES string of the molecule is CCCCOc1ccc(C2=N/C(=C\c3ccc(OC)cc3)C(=O)N2CCCCCCN2C(=O)/C(=C\c3ccc(OC)cc3)N=C2c2ccc(OCCCC)cc2)cc1. The molecule has 0 unspecified atom stereocenters. The smallest absolute Gasteiger partial charge is 0.278 e. The van der Waals surface area contributed by atoms with Crippen molar-refractivity contribution >= 4 is 35.6 Å². The minimum Gasteiger partial charge on any atom is -0.497 e. The highest BCUT2D eigenvalue weighted by Crippen LogP contribution is 2.27. The Morgan fingerprint density at radius 1 is 0.483 bits per heavy atom. The Morgan fingerprint density at radius 2 is 0.845 bits per heavy atom. The molecule has 0 aliphatic carbocycles. The molecule has 10 nitrogen and oxygen atoms in total. The van der Waals surface area contributed by atoms with Crippen molar-refractivity contribution in [3.05, 3.63) is 131 Å². The molecule has 0 radical (unpaired) electrons. The Kier molecular flexibility index (Phi) is 14.9. The number of hydrogen-bond acceptors (Lipinski definition) is 8. The molecule has 6 rings (SSSR count). The Balaban J connectivity index is 1.11. The van der Waals surface area contributed by atoms with Crippen molar-refractivity contribution in [1.29, 1.82) is 0 Å². The second-order valence-corrected chi connectivity index (χ2v) is 14.3. The molecule has 0 atom stereocenters. The molecule has 0 aromatic heterocycles. The van der Waals surface area contributed by atoms with Gasteiger partial charge in [-0.2, -0.15) is 0 Å². The van der Waals surface area contributed by atoms with E-state index in [9.17, 15) is 9.59 Å². The molecular formula is C48H54N4O6. The molecule has 2 heterocycles. The van der Waals surface area contributed by atoms with E-state index in [0.717, 1.165) is 96.6 Å². The fraction of sp³-hybridized carbons (Fsp3) is 0.333. The summed E-state index contributed by atoms with van der Waals surface area (Å²) in [5.74, 6) is 4.09. The lowest BCUT2D eigenvalue weighted by Crippen LogP contribution is -2.34. The third-order valence-electron chi connectivity index (χ3n) is 10.0. The fourth-order valence-corrected chi connectivity index (χ4v) is 6.64. The quantitative estimate of drug-likeness (QED) is 0.0617. The summed E-state index contributed by atoms with van der Waals surface area (Å²) in [6, 6.07) is 30.7. The van der Waals surface area contributed by atoms with Crippen LogP contribution in [0.2, 0.25) is 0 Å². The van der Waals surface area contributed by atoms with Crippen molar-refractivity contribution < 1.29 is 28.5 Å². The van der Waals surface area contributed by atoms with Crippen LogP contribution in [0.15, 0.2) is 118 Å². The van der Waals surface area contributed by atoms with Crippen molar-refractivity contribution in [2.45, 2.75) is 65.2 Å². The second kappa shape index (κ2) is 20.8. The van der Waals surface area contributed by atoms with Gasteiger partial charge in [-0.15, -0.1) is 0 Å².